The molecule has 1 N–H and O–H groups in total. The minimum absolute atomic E-state index is 0.254. The van der Waals surface area contributed by atoms with Crippen molar-refractivity contribution in [1.82, 2.24) is 9.97 Å². The van der Waals surface area contributed by atoms with E-state index in [1.54, 1.807) is 6.26 Å². The van der Waals surface area contributed by atoms with Crippen LogP contribution < -0.4 is 10.1 Å². The summed E-state index contributed by atoms with van der Waals surface area (Å²) in [6.07, 6.45) is 2.61. The highest BCUT2D eigenvalue weighted by Gasteiger charge is 2.09. The lowest BCUT2D eigenvalue weighted by Gasteiger charge is -2.11. The Kier molecular flexibility index (Phi) is 4.98. The molecule has 0 aliphatic heterocycles. The molecule has 0 saturated heterocycles. The number of hydrogen-bond acceptors (Lipinski definition) is 5. The minimum Gasteiger partial charge on any atom is -0.478 e. The molecule has 2 rings (SSSR count). The summed E-state index contributed by atoms with van der Waals surface area (Å²) in [5.41, 5.74) is 0. The molecule has 0 unspecified atom stereocenters. The predicted molar refractivity (Wildman–Crippen MR) is 77.9 cm³/mol. The Morgan fingerprint density at radius 2 is 2.20 bits per heavy atom. The van der Waals surface area contributed by atoms with Crippen molar-refractivity contribution >= 4 is 5.82 Å². The molecule has 20 heavy (non-hydrogen) atoms. The van der Waals surface area contributed by atoms with Crippen molar-refractivity contribution in [2.24, 2.45) is 0 Å². The molecule has 5 heteroatoms. The van der Waals surface area contributed by atoms with Gasteiger partial charge in [-0.1, -0.05) is 20.8 Å². The number of hydrogen-bond donors (Lipinski definition) is 1. The maximum Gasteiger partial charge on any atom is 0.218 e. The summed E-state index contributed by atoms with van der Waals surface area (Å²) in [5.74, 6) is 3.27. The van der Waals surface area contributed by atoms with Crippen molar-refractivity contribution in [1.29, 1.82) is 0 Å². The Balaban J connectivity index is 2.11. The quantitative estimate of drug-likeness (QED) is 0.836. The van der Waals surface area contributed by atoms with Crippen LogP contribution in [0, 0.1) is 0 Å². The molecule has 0 aromatic carbocycles. The monoisotopic (exact) mass is 275 g/mol. The summed E-state index contributed by atoms with van der Waals surface area (Å²) >= 11 is 0. The average Bonchev–Trinajstić information content (AvgIpc) is 2.96. The Hall–Kier alpha value is -2.04. The van der Waals surface area contributed by atoms with E-state index < -0.39 is 0 Å². The molecule has 0 aliphatic rings. The van der Waals surface area contributed by atoms with Crippen LogP contribution in [-0.2, 0) is 6.54 Å². The zero-order valence-corrected chi connectivity index (χ0v) is 12.2. The van der Waals surface area contributed by atoms with Crippen LogP contribution in [0.25, 0.3) is 0 Å². The SMILES string of the molecule is CCCOc1cc(NCc2ccco2)nc(C(C)C)n1. The Labute approximate surface area is 119 Å². The van der Waals surface area contributed by atoms with Crippen LogP contribution in [0.5, 0.6) is 5.88 Å². The maximum absolute atomic E-state index is 5.61. The molecule has 0 saturated carbocycles. The Morgan fingerprint density at radius 3 is 2.85 bits per heavy atom. The highest BCUT2D eigenvalue weighted by atomic mass is 16.5. The van der Waals surface area contributed by atoms with Gasteiger partial charge in [0, 0.05) is 12.0 Å². The zero-order valence-electron chi connectivity index (χ0n) is 12.2. The molecule has 0 amide bonds. The van der Waals surface area contributed by atoms with Gasteiger partial charge in [-0.25, -0.2) is 4.98 Å². The highest BCUT2D eigenvalue weighted by molar-refractivity contribution is 5.39. The van der Waals surface area contributed by atoms with Gasteiger partial charge in [-0.05, 0) is 18.6 Å². The van der Waals surface area contributed by atoms with E-state index in [0.717, 1.165) is 23.8 Å². The van der Waals surface area contributed by atoms with E-state index in [0.29, 0.717) is 19.0 Å². The largest absolute Gasteiger partial charge is 0.478 e. The van der Waals surface area contributed by atoms with Gasteiger partial charge in [0.05, 0.1) is 19.4 Å². The number of nitrogens with one attached hydrogen (secondary N) is 1. The van der Waals surface area contributed by atoms with Gasteiger partial charge in [-0.3, -0.25) is 0 Å². The second-order valence-corrected chi connectivity index (χ2v) is 4.89. The molecule has 0 fully saturated rings. The third-order valence-corrected chi connectivity index (χ3v) is 2.71. The molecule has 0 spiro atoms. The molecule has 5 nitrogen and oxygen atoms in total. The van der Waals surface area contributed by atoms with Crippen molar-refractivity contribution in [3.05, 3.63) is 36.0 Å². The van der Waals surface area contributed by atoms with E-state index >= 15 is 0 Å². The third-order valence-electron chi connectivity index (χ3n) is 2.71. The van der Waals surface area contributed by atoms with E-state index in [1.807, 2.05) is 18.2 Å². The van der Waals surface area contributed by atoms with Gasteiger partial charge in [-0.15, -0.1) is 0 Å². The lowest BCUT2D eigenvalue weighted by molar-refractivity contribution is 0.303. The van der Waals surface area contributed by atoms with Gasteiger partial charge in [0.2, 0.25) is 5.88 Å². The maximum atomic E-state index is 5.61. The molecular formula is C15H21N3O2. The molecular weight excluding hydrogens is 254 g/mol. The van der Waals surface area contributed by atoms with Crippen molar-refractivity contribution in [2.45, 2.75) is 39.7 Å². The Morgan fingerprint density at radius 1 is 1.35 bits per heavy atom. The van der Waals surface area contributed by atoms with Crippen LogP contribution in [-0.4, -0.2) is 16.6 Å². The number of nitrogens with zero attached hydrogens (tertiary/aromatic N) is 2. The lowest BCUT2D eigenvalue weighted by Crippen LogP contribution is -2.07. The standard InChI is InChI=1S/C15H21N3O2/c1-4-7-20-14-9-13(17-15(18-14)11(2)3)16-10-12-6-5-8-19-12/h5-6,8-9,11H,4,7,10H2,1-3H3,(H,16,17,18). The number of ether oxygens (including phenoxy) is 1. The number of aromatic nitrogens is 2. The molecule has 2 aromatic heterocycles. The fourth-order valence-electron chi connectivity index (χ4n) is 1.66. The Bertz CT molecular complexity index is 524. The van der Waals surface area contributed by atoms with E-state index in [9.17, 15) is 0 Å². The van der Waals surface area contributed by atoms with E-state index in [4.69, 9.17) is 9.15 Å². The predicted octanol–water partition coefficient (Wildman–Crippen LogP) is 3.59. The van der Waals surface area contributed by atoms with Crippen LogP contribution in [0.1, 0.15) is 44.7 Å². The summed E-state index contributed by atoms with van der Waals surface area (Å²) in [6.45, 7) is 7.45. The summed E-state index contributed by atoms with van der Waals surface area (Å²) in [7, 11) is 0. The third kappa shape index (κ3) is 3.98. The number of rotatable bonds is 7. The van der Waals surface area contributed by atoms with E-state index in [1.165, 1.54) is 0 Å². The summed E-state index contributed by atoms with van der Waals surface area (Å²) < 4.78 is 10.9. The van der Waals surface area contributed by atoms with Gasteiger partial charge < -0.3 is 14.5 Å². The fraction of sp³-hybridized carbons (Fsp3) is 0.467. The first-order chi connectivity index (χ1) is 9.69. The fourth-order valence-corrected chi connectivity index (χ4v) is 1.66. The topological polar surface area (TPSA) is 60.2 Å². The second kappa shape index (κ2) is 6.93. The summed E-state index contributed by atoms with van der Waals surface area (Å²) in [4.78, 5) is 8.92. The highest BCUT2D eigenvalue weighted by Crippen LogP contribution is 2.19. The first-order valence-electron chi connectivity index (χ1n) is 6.97. The number of furan rings is 1. The van der Waals surface area contributed by atoms with Crippen LogP contribution in [0.2, 0.25) is 0 Å². The van der Waals surface area contributed by atoms with Crippen LogP contribution in [0.15, 0.2) is 28.9 Å². The molecule has 2 aromatic rings. The molecule has 0 bridgehead atoms. The minimum atomic E-state index is 0.254. The summed E-state index contributed by atoms with van der Waals surface area (Å²) in [6, 6.07) is 5.61. The normalized spacial score (nSPS) is 10.8. The molecule has 0 radical (unpaired) electrons. The lowest BCUT2D eigenvalue weighted by atomic mass is 10.2. The van der Waals surface area contributed by atoms with Gasteiger partial charge in [0.15, 0.2) is 0 Å². The number of anilines is 1. The van der Waals surface area contributed by atoms with E-state index in [2.05, 4.69) is 36.1 Å². The van der Waals surface area contributed by atoms with Crippen molar-refractivity contribution in [2.75, 3.05) is 11.9 Å². The molecule has 108 valence electrons. The van der Waals surface area contributed by atoms with Crippen molar-refractivity contribution in [3.63, 3.8) is 0 Å². The smallest absolute Gasteiger partial charge is 0.218 e. The van der Waals surface area contributed by atoms with Gasteiger partial charge in [0.1, 0.15) is 17.4 Å². The molecule has 0 aliphatic carbocycles. The van der Waals surface area contributed by atoms with Crippen LogP contribution >= 0.6 is 0 Å². The van der Waals surface area contributed by atoms with Gasteiger partial charge >= 0.3 is 0 Å². The van der Waals surface area contributed by atoms with Crippen molar-refractivity contribution < 1.29 is 9.15 Å². The first-order valence-corrected chi connectivity index (χ1v) is 6.97. The first kappa shape index (κ1) is 14.4. The van der Waals surface area contributed by atoms with Gasteiger partial charge in [0.25, 0.3) is 0 Å². The van der Waals surface area contributed by atoms with Crippen LogP contribution in [0.4, 0.5) is 5.82 Å². The zero-order chi connectivity index (χ0) is 14.4. The van der Waals surface area contributed by atoms with Crippen molar-refractivity contribution in [3.8, 4) is 5.88 Å². The molecule has 2 heterocycles. The second-order valence-electron chi connectivity index (χ2n) is 4.89. The van der Waals surface area contributed by atoms with E-state index in [-0.39, 0.29) is 5.92 Å². The summed E-state index contributed by atoms with van der Waals surface area (Å²) in [5, 5.41) is 3.23. The molecule has 0 atom stereocenters. The average molecular weight is 275 g/mol. The van der Waals surface area contributed by atoms with Gasteiger partial charge in [-0.2, -0.15) is 4.98 Å². The van der Waals surface area contributed by atoms with Crippen LogP contribution in [0.3, 0.4) is 0 Å².